The molecule has 0 unspecified atom stereocenters. The lowest BCUT2D eigenvalue weighted by Gasteiger charge is -2.28. The summed E-state index contributed by atoms with van der Waals surface area (Å²) in [6.45, 7) is 2.17. The highest BCUT2D eigenvalue weighted by molar-refractivity contribution is 6.07. The number of hydrogen-bond donors (Lipinski definition) is 4. The molecule has 2 aliphatic rings. The van der Waals surface area contributed by atoms with Crippen molar-refractivity contribution >= 4 is 45.7 Å². The molecule has 12 nitrogen and oxygen atoms in total. The number of nitro benzene ring substituents is 1. The van der Waals surface area contributed by atoms with Gasteiger partial charge < -0.3 is 30.3 Å². The number of para-hydroxylation sites is 1. The molecule has 1 aromatic heterocycles. The number of non-ortho nitro benzene ring substituents is 1. The van der Waals surface area contributed by atoms with Gasteiger partial charge in [0.15, 0.2) is 5.60 Å². The molecule has 4 N–H and O–H groups in total. The zero-order valence-electron chi connectivity index (χ0n) is 26.5. The normalized spacial score (nSPS) is 19.6. The van der Waals surface area contributed by atoms with Crippen LogP contribution >= 0.6 is 0 Å². The van der Waals surface area contributed by atoms with Crippen LogP contribution in [0.2, 0.25) is 0 Å². The van der Waals surface area contributed by atoms with Crippen LogP contribution in [0.3, 0.4) is 0 Å². The highest BCUT2D eigenvalue weighted by Crippen LogP contribution is 2.47. The smallest absolute Gasteiger partial charge is 0.269 e. The fourth-order valence-electron chi connectivity index (χ4n) is 6.72. The summed E-state index contributed by atoms with van der Waals surface area (Å²) in [4.78, 5) is 56.8. The van der Waals surface area contributed by atoms with E-state index >= 15 is 0 Å². The van der Waals surface area contributed by atoms with E-state index in [-0.39, 0.29) is 55.1 Å². The van der Waals surface area contributed by atoms with Gasteiger partial charge in [0.2, 0.25) is 11.8 Å². The summed E-state index contributed by atoms with van der Waals surface area (Å²) in [5.74, 6) is -1.81. The number of anilines is 2. The first-order valence-electron chi connectivity index (χ1n) is 15.9. The molecule has 3 heterocycles. The fourth-order valence-corrected chi connectivity index (χ4v) is 6.72. The maximum absolute atomic E-state index is 14.0. The number of nitrogens with one attached hydrogen (secondary N) is 2. The number of aliphatic hydroxyl groups excluding tert-OH is 1. The van der Waals surface area contributed by atoms with Crippen LogP contribution in [0.25, 0.3) is 10.9 Å². The van der Waals surface area contributed by atoms with E-state index in [9.17, 15) is 34.7 Å². The Hall–Kier alpha value is -5.33. The topological polar surface area (TPSA) is 169 Å². The number of benzene rings is 3. The largest absolute Gasteiger partial charge is 0.394 e. The highest BCUT2D eigenvalue weighted by atomic mass is 16.6. The van der Waals surface area contributed by atoms with Gasteiger partial charge in [-0.1, -0.05) is 49.4 Å². The lowest BCUT2D eigenvalue weighted by atomic mass is 9.82. The van der Waals surface area contributed by atoms with Gasteiger partial charge in [0.05, 0.1) is 36.2 Å². The van der Waals surface area contributed by atoms with E-state index in [1.165, 1.54) is 23.1 Å². The third kappa shape index (κ3) is 6.19. The molecule has 248 valence electrons. The Balaban J connectivity index is 1.16. The molecular weight excluding hydrogens is 614 g/mol. The minimum absolute atomic E-state index is 0.0291. The third-order valence-corrected chi connectivity index (χ3v) is 9.35. The molecule has 4 aromatic rings. The number of amides is 3. The first kappa shape index (κ1) is 32.6. The molecule has 0 radical (unpaired) electrons. The number of carbonyl (C=O) groups is 3. The monoisotopic (exact) mass is 651 g/mol. The van der Waals surface area contributed by atoms with Crippen LogP contribution in [0.5, 0.6) is 0 Å². The zero-order chi connectivity index (χ0) is 34.0. The lowest BCUT2D eigenvalue weighted by Crippen LogP contribution is -2.44. The minimum Gasteiger partial charge on any atom is -0.394 e. The second-order valence-corrected chi connectivity index (χ2v) is 12.4. The van der Waals surface area contributed by atoms with Gasteiger partial charge in [-0.15, -0.1) is 0 Å². The van der Waals surface area contributed by atoms with Crippen molar-refractivity contribution in [2.75, 3.05) is 23.4 Å². The maximum Gasteiger partial charge on any atom is 0.269 e. The van der Waals surface area contributed by atoms with Crippen molar-refractivity contribution in [2.24, 2.45) is 5.92 Å². The molecule has 0 saturated carbocycles. The number of aromatic nitrogens is 1. The number of H-pyrrole nitrogens is 1. The van der Waals surface area contributed by atoms with Gasteiger partial charge >= 0.3 is 0 Å². The Morgan fingerprint density at radius 2 is 1.94 bits per heavy atom. The molecule has 3 amide bonds. The van der Waals surface area contributed by atoms with E-state index in [2.05, 4.69) is 10.3 Å². The van der Waals surface area contributed by atoms with Gasteiger partial charge in [-0.2, -0.15) is 0 Å². The van der Waals surface area contributed by atoms with Crippen molar-refractivity contribution < 1.29 is 29.5 Å². The first-order chi connectivity index (χ1) is 23.1. The molecule has 3 aromatic carbocycles. The number of likely N-dealkylation sites (tertiary alicyclic amines) is 1. The summed E-state index contributed by atoms with van der Waals surface area (Å²) >= 11 is 0. The van der Waals surface area contributed by atoms with Gasteiger partial charge in [0.25, 0.3) is 11.6 Å². The molecular formula is C36H37N5O7. The molecule has 6 rings (SSSR count). The molecule has 0 bridgehead atoms. The van der Waals surface area contributed by atoms with Crippen molar-refractivity contribution in [1.29, 1.82) is 0 Å². The number of nitro groups is 1. The average Bonchev–Trinajstić information content (AvgIpc) is 3.78. The average molecular weight is 652 g/mol. The second kappa shape index (κ2) is 13.4. The number of hydrogen-bond acceptors (Lipinski definition) is 7. The molecule has 3 atom stereocenters. The first-order valence-corrected chi connectivity index (χ1v) is 15.9. The van der Waals surface area contributed by atoms with Crippen LogP contribution in [0.4, 0.5) is 17.1 Å². The van der Waals surface area contributed by atoms with Crippen molar-refractivity contribution in [2.45, 2.75) is 50.8 Å². The summed E-state index contributed by atoms with van der Waals surface area (Å²) in [6.07, 6.45) is 6.78. The molecule has 2 aliphatic heterocycles. The van der Waals surface area contributed by atoms with Crippen molar-refractivity contribution in [1.82, 2.24) is 9.88 Å². The second-order valence-electron chi connectivity index (χ2n) is 12.4. The fraction of sp³-hybridized carbons (Fsp3) is 0.306. The van der Waals surface area contributed by atoms with Crippen LogP contribution < -0.4 is 10.2 Å². The van der Waals surface area contributed by atoms with Crippen LogP contribution in [-0.4, -0.2) is 61.9 Å². The quantitative estimate of drug-likeness (QED) is 0.105. The van der Waals surface area contributed by atoms with E-state index < -0.39 is 22.3 Å². The number of fused-ring (bicyclic) bond motifs is 2. The Bertz CT molecular complexity index is 1900. The number of aliphatic hydroxyl groups is 2. The summed E-state index contributed by atoms with van der Waals surface area (Å²) in [5, 5.41) is 37.0. The summed E-state index contributed by atoms with van der Waals surface area (Å²) in [5.41, 5.74) is 1.23. The summed E-state index contributed by atoms with van der Waals surface area (Å²) in [6, 6.07) is 18.5. The van der Waals surface area contributed by atoms with Crippen LogP contribution in [-0.2, 0) is 33.0 Å². The lowest BCUT2D eigenvalue weighted by molar-refractivity contribution is -0.385. The van der Waals surface area contributed by atoms with E-state index in [0.717, 1.165) is 29.3 Å². The number of carbonyl (C=O) groups excluding carboxylic acids is 3. The van der Waals surface area contributed by atoms with Gasteiger partial charge in [-0.05, 0) is 48.2 Å². The van der Waals surface area contributed by atoms with Crippen molar-refractivity contribution in [3.05, 3.63) is 112 Å². The van der Waals surface area contributed by atoms with E-state index in [0.29, 0.717) is 23.5 Å². The van der Waals surface area contributed by atoms with E-state index in [1.807, 2.05) is 30.5 Å². The van der Waals surface area contributed by atoms with Gasteiger partial charge in [0.1, 0.15) is 0 Å². The SMILES string of the molecule is C[C@@H](/C=C/CC(=O)N1CCC[C@H]1CO)[C@]1(O)C(=O)N(Cc2ccc(NC(=O)Cc3c[nH]c4ccccc34)cc2)c2ccc([N+](=O)[O-])cc21. The van der Waals surface area contributed by atoms with E-state index in [4.69, 9.17) is 0 Å². The maximum atomic E-state index is 14.0. The molecule has 12 heteroatoms. The predicted octanol–water partition coefficient (Wildman–Crippen LogP) is 4.56. The van der Waals surface area contributed by atoms with Crippen molar-refractivity contribution in [3.8, 4) is 0 Å². The standard InChI is InChI=1S/C36H37N5O7/c1-23(6-4-10-34(44)39-17-5-7-28(39)22-42)36(46)30-19-27(41(47)48)15-16-32(30)40(35(36)45)21-24-11-13-26(14-12-24)38-33(43)18-25-20-37-31-9-3-2-8-29(25)31/h2-4,6,8-9,11-16,19-20,23,28,37,42,46H,5,7,10,17-18,21-22H2,1H3,(H,38,43)/b6-4+/t23-,28-,36+/m0/s1. The Morgan fingerprint density at radius 1 is 1.17 bits per heavy atom. The van der Waals surface area contributed by atoms with Crippen LogP contribution in [0.1, 0.15) is 42.9 Å². The molecule has 0 spiro atoms. The number of nitrogens with zero attached hydrogens (tertiary/aromatic N) is 3. The zero-order valence-corrected chi connectivity index (χ0v) is 26.5. The number of rotatable bonds is 11. The third-order valence-electron chi connectivity index (χ3n) is 9.35. The predicted molar refractivity (Wildman–Crippen MR) is 180 cm³/mol. The molecule has 48 heavy (non-hydrogen) atoms. The molecule has 1 fully saturated rings. The number of aromatic amines is 1. The van der Waals surface area contributed by atoms with Crippen LogP contribution in [0, 0.1) is 16.0 Å². The summed E-state index contributed by atoms with van der Waals surface area (Å²) in [7, 11) is 0. The van der Waals surface area contributed by atoms with E-state index in [1.54, 1.807) is 48.2 Å². The Labute approximate surface area is 276 Å². The Kier molecular flexibility index (Phi) is 9.11. The molecule has 0 aliphatic carbocycles. The molecule has 1 saturated heterocycles. The van der Waals surface area contributed by atoms with Crippen LogP contribution in [0.15, 0.2) is 85.1 Å². The highest BCUT2D eigenvalue weighted by Gasteiger charge is 2.53. The van der Waals surface area contributed by atoms with Gasteiger partial charge in [-0.3, -0.25) is 24.5 Å². The van der Waals surface area contributed by atoms with Gasteiger partial charge in [-0.25, -0.2) is 0 Å². The van der Waals surface area contributed by atoms with Gasteiger partial charge in [0, 0.05) is 59.4 Å². The minimum atomic E-state index is -2.11. The summed E-state index contributed by atoms with van der Waals surface area (Å²) < 4.78 is 0. The Morgan fingerprint density at radius 3 is 2.69 bits per heavy atom. The van der Waals surface area contributed by atoms with Crippen molar-refractivity contribution in [3.63, 3.8) is 0 Å².